The molecule has 2 heterocycles. The van der Waals surface area contributed by atoms with Crippen molar-refractivity contribution in [3.63, 3.8) is 0 Å². The number of rotatable bonds is 3. The maximum atomic E-state index is 13.2. The summed E-state index contributed by atoms with van der Waals surface area (Å²) < 4.78 is 8.08. The van der Waals surface area contributed by atoms with Crippen LogP contribution in [0, 0.1) is 0 Å². The summed E-state index contributed by atoms with van der Waals surface area (Å²) in [6, 6.07) is 3.79. The largest absolute Gasteiger partial charge is 0.381 e. The van der Waals surface area contributed by atoms with Gasteiger partial charge in [0, 0.05) is 35.2 Å². The van der Waals surface area contributed by atoms with E-state index in [0.717, 1.165) is 36.0 Å². The van der Waals surface area contributed by atoms with E-state index in [9.17, 15) is 9.59 Å². The Morgan fingerprint density at radius 1 is 1.25 bits per heavy atom. The van der Waals surface area contributed by atoms with Gasteiger partial charge in [-0.25, -0.2) is 4.98 Å². The Labute approximate surface area is 148 Å². The van der Waals surface area contributed by atoms with Crippen LogP contribution in [0.4, 0.5) is 0 Å². The number of fused-ring (bicyclic) bond motifs is 1. The van der Waals surface area contributed by atoms with Crippen molar-refractivity contribution in [1.29, 1.82) is 0 Å². The van der Waals surface area contributed by atoms with Crippen LogP contribution in [0.1, 0.15) is 60.7 Å². The van der Waals surface area contributed by atoms with Crippen molar-refractivity contribution in [3.8, 4) is 0 Å². The number of benzene rings is 1. The van der Waals surface area contributed by atoms with Gasteiger partial charge in [0.25, 0.3) is 5.56 Å². The molecule has 1 saturated heterocycles. The average Bonchev–Trinajstić information content (AvgIpc) is 3.40. The van der Waals surface area contributed by atoms with Crippen LogP contribution in [0.15, 0.2) is 21.4 Å². The van der Waals surface area contributed by atoms with Gasteiger partial charge in [-0.2, -0.15) is 0 Å². The lowest BCUT2D eigenvalue weighted by Gasteiger charge is -2.25. The first-order valence-corrected chi connectivity index (χ1v) is 9.20. The molecule has 0 bridgehead atoms. The van der Waals surface area contributed by atoms with E-state index >= 15 is 0 Å². The van der Waals surface area contributed by atoms with Crippen molar-refractivity contribution < 1.29 is 9.53 Å². The van der Waals surface area contributed by atoms with Gasteiger partial charge in [0.2, 0.25) is 0 Å². The predicted octanol–water partition coefficient (Wildman–Crippen LogP) is 3.59. The molecule has 1 saturated carbocycles. The molecule has 2 aromatic rings. The quantitative estimate of drug-likeness (QED) is 0.751. The highest BCUT2D eigenvalue weighted by Crippen LogP contribution is 2.38. The second-order valence-corrected chi connectivity index (χ2v) is 7.58. The normalized spacial score (nSPS) is 18.9. The topological polar surface area (TPSA) is 61.2 Å². The molecule has 24 heavy (non-hydrogen) atoms. The molecule has 0 radical (unpaired) electrons. The summed E-state index contributed by atoms with van der Waals surface area (Å²) in [6.07, 6.45) is 3.79. The van der Waals surface area contributed by atoms with Crippen LogP contribution >= 0.6 is 15.9 Å². The second-order valence-electron chi connectivity index (χ2n) is 6.67. The van der Waals surface area contributed by atoms with Crippen molar-refractivity contribution in [2.24, 2.45) is 0 Å². The number of hydrogen-bond acceptors (Lipinski definition) is 4. The highest BCUT2D eigenvalue weighted by Gasteiger charge is 2.32. The molecule has 1 aliphatic heterocycles. The van der Waals surface area contributed by atoms with Gasteiger partial charge in [0.1, 0.15) is 5.82 Å². The molecule has 0 spiro atoms. The van der Waals surface area contributed by atoms with Crippen LogP contribution in [0.2, 0.25) is 0 Å². The van der Waals surface area contributed by atoms with Gasteiger partial charge in [0.15, 0.2) is 5.78 Å². The Morgan fingerprint density at radius 3 is 2.58 bits per heavy atom. The first kappa shape index (κ1) is 16.0. The van der Waals surface area contributed by atoms with Crippen LogP contribution in [-0.4, -0.2) is 28.5 Å². The summed E-state index contributed by atoms with van der Waals surface area (Å²) >= 11 is 3.41. The number of Topliss-reactive ketones (excluding diaryl/α,β-unsaturated/α-hetero) is 1. The van der Waals surface area contributed by atoms with Gasteiger partial charge in [-0.15, -0.1) is 0 Å². The van der Waals surface area contributed by atoms with E-state index in [1.54, 1.807) is 12.1 Å². The van der Waals surface area contributed by atoms with Crippen LogP contribution in [0.3, 0.4) is 0 Å². The number of ketones is 1. The number of hydrogen-bond donors (Lipinski definition) is 0. The third-order valence-electron chi connectivity index (χ3n) is 4.87. The summed E-state index contributed by atoms with van der Waals surface area (Å²) in [6.45, 7) is 2.91. The zero-order valence-corrected chi connectivity index (χ0v) is 15.1. The van der Waals surface area contributed by atoms with Crippen LogP contribution in [0.5, 0.6) is 0 Å². The van der Waals surface area contributed by atoms with E-state index in [1.165, 1.54) is 6.92 Å². The molecule has 2 aliphatic rings. The summed E-state index contributed by atoms with van der Waals surface area (Å²) in [5.74, 6) is 0.985. The highest BCUT2D eigenvalue weighted by molar-refractivity contribution is 9.10. The minimum atomic E-state index is -0.0738. The minimum Gasteiger partial charge on any atom is -0.381 e. The molecular weight excluding hydrogens is 372 g/mol. The monoisotopic (exact) mass is 390 g/mol. The Hall–Kier alpha value is -1.53. The van der Waals surface area contributed by atoms with E-state index in [-0.39, 0.29) is 23.3 Å². The first-order chi connectivity index (χ1) is 11.6. The number of aromatic nitrogens is 2. The summed E-state index contributed by atoms with van der Waals surface area (Å²) in [4.78, 5) is 30.1. The number of ether oxygens (including phenoxy) is 1. The molecular formula is C18H19BrN2O3. The van der Waals surface area contributed by atoms with E-state index in [2.05, 4.69) is 15.9 Å². The van der Waals surface area contributed by atoms with E-state index in [4.69, 9.17) is 9.72 Å². The molecule has 0 atom stereocenters. The molecule has 1 aliphatic carbocycles. The maximum absolute atomic E-state index is 13.2. The van der Waals surface area contributed by atoms with Gasteiger partial charge in [-0.3, -0.25) is 14.2 Å². The van der Waals surface area contributed by atoms with Gasteiger partial charge in [-0.1, -0.05) is 15.9 Å². The smallest absolute Gasteiger partial charge is 0.261 e. The number of nitrogens with zero attached hydrogens (tertiary/aromatic N) is 2. The highest BCUT2D eigenvalue weighted by atomic mass is 79.9. The first-order valence-electron chi connectivity index (χ1n) is 8.40. The number of carbonyl (C=O) groups is 1. The Morgan fingerprint density at radius 2 is 1.96 bits per heavy atom. The summed E-state index contributed by atoms with van der Waals surface area (Å²) in [5, 5.41) is 0.525. The standard InChI is InChI=1S/C18H19BrN2O3/c1-10(22)14-8-12(19)9-15-16(14)20-17(11-4-6-24-7-5-11)21(18(15)23)13-2-3-13/h8-9,11,13H,2-7H2,1H3. The van der Waals surface area contributed by atoms with Crippen LogP contribution < -0.4 is 5.56 Å². The number of halogens is 1. The summed E-state index contributed by atoms with van der Waals surface area (Å²) in [5.41, 5.74) is 1.02. The molecule has 126 valence electrons. The molecule has 4 rings (SSSR count). The lowest BCUT2D eigenvalue weighted by atomic mass is 9.98. The lowest BCUT2D eigenvalue weighted by molar-refractivity contribution is 0.0825. The minimum absolute atomic E-state index is 0.0206. The van der Waals surface area contributed by atoms with Gasteiger partial charge >= 0.3 is 0 Å². The molecule has 6 heteroatoms. The molecule has 1 aromatic heterocycles. The Balaban J connectivity index is 2.01. The van der Waals surface area contributed by atoms with Crippen molar-refractivity contribution in [1.82, 2.24) is 9.55 Å². The zero-order valence-electron chi connectivity index (χ0n) is 13.5. The molecule has 0 N–H and O–H groups in total. The second kappa shape index (κ2) is 6.08. The van der Waals surface area contributed by atoms with E-state index in [1.807, 2.05) is 4.57 Å². The molecule has 0 unspecified atom stereocenters. The maximum Gasteiger partial charge on any atom is 0.261 e. The predicted molar refractivity (Wildman–Crippen MR) is 94.8 cm³/mol. The van der Waals surface area contributed by atoms with Crippen molar-refractivity contribution in [2.75, 3.05) is 13.2 Å². The molecule has 1 aromatic carbocycles. The van der Waals surface area contributed by atoms with Crippen LogP contribution in [-0.2, 0) is 4.74 Å². The molecule has 2 fully saturated rings. The van der Waals surface area contributed by atoms with Crippen LogP contribution in [0.25, 0.3) is 10.9 Å². The van der Waals surface area contributed by atoms with Gasteiger partial charge in [0.05, 0.1) is 10.9 Å². The SMILES string of the molecule is CC(=O)c1cc(Br)cc2c(=O)n(C3CC3)c(C3CCOCC3)nc12. The zero-order chi connectivity index (χ0) is 16.8. The lowest BCUT2D eigenvalue weighted by Crippen LogP contribution is -2.29. The van der Waals surface area contributed by atoms with Gasteiger partial charge < -0.3 is 4.74 Å². The fourth-order valence-electron chi connectivity index (χ4n) is 3.48. The van der Waals surface area contributed by atoms with Crippen molar-refractivity contribution in [2.45, 2.75) is 44.6 Å². The third-order valence-corrected chi connectivity index (χ3v) is 5.33. The fraction of sp³-hybridized carbons (Fsp3) is 0.500. The fourth-order valence-corrected chi connectivity index (χ4v) is 3.94. The van der Waals surface area contributed by atoms with Gasteiger partial charge in [-0.05, 0) is 44.7 Å². The Kier molecular flexibility index (Phi) is 4.04. The Bertz CT molecular complexity index is 880. The summed E-state index contributed by atoms with van der Waals surface area (Å²) in [7, 11) is 0. The molecule has 5 nitrogen and oxygen atoms in total. The third kappa shape index (κ3) is 2.71. The van der Waals surface area contributed by atoms with Crippen molar-refractivity contribution >= 4 is 32.6 Å². The van der Waals surface area contributed by atoms with Crippen molar-refractivity contribution in [3.05, 3.63) is 38.3 Å². The van der Waals surface area contributed by atoms with E-state index < -0.39 is 0 Å². The number of carbonyl (C=O) groups excluding carboxylic acids is 1. The average molecular weight is 391 g/mol. The molecule has 0 amide bonds. The van der Waals surface area contributed by atoms with E-state index in [0.29, 0.717) is 29.7 Å².